The third kappa shape index (κ3) is 4.01. The van der Waals surface area contributed by atoms with Crippen molar-refractivity contribution in [1.82, 2.24) is 20.1 Å². The predicted octanol–water partition coefficient (Wildman–Crippen LogP) is 2.31. The molecule has 2 N–H and O–H groups in total. The Balaban J connectivity index is 1.85. The maximum Gasteiger partial charge on any atom is 0.240 e. The molecule has 2 aromatic rings. The van der Waals surface area contributed by atoms with Gasteiger partial charge < -0.3 is 5.32 Å². The summed E-state index contributed by atoms with van der Waals surface area (Å²) in [5.74, 6) is 0.808. The lowest BCUT2D eigenvalue weighted by Gasteiger charge is -2.07. The first kappa shape index (κ1) is 14.9. The molecule has 5 nitrogen and oxygen atoms in total. The van der Waals surface area contributed by atoms with Crippen molar-refractivity contribution in [3.05, 3.63) is 33.0 Å². The minimum Gasteiger partial charge on any atom is -0.354 e. The van der Waals surface area contributed by atoms with Gasteiger partial charge in [0.25, 0.3) is 0 Å². The molecule has 0 aliphatic carbocycles. The molecule has 2 heterocycles. The maximum atomic E-state index is 11.9. The van der Waals surface area contributed by atoms with Crippen molar-refractivity contribution in [3.8, 4) is 0 Å². The number of carbonyl (C=O) groups excluding carboxylic acids is 1. The summed E-state index contributed by atoms with van der Waals surface area (Å²) in [5, 5.41) is 11.8. The smallest absolute Gasteiger partial charge is 0.240 e. The van der Waals surface area contributed by atoms with Crippen molar-refractivity contribution in [2.24, 2.45) is 0 Å². The molecule has 0 fully saturated rings. The van der Waals surface area contributed by atoms with Gasteiger partial charge in [-0.2, -0.15) is 5.10 Å². The summed E-state index contributed by atoms with van der Waals surface area (Å²) >= 11 is 6.85. The van der Waals surface area contributed by atoms with Crippen LogP contribution in [-0.4, -0.2) is 27.2 Å². The Bertz CT molecular complexity index is 600. The Labute approximate surface area is 127 Å². The van der Waals surface area contributed by atoms with Crippen molar-refractivity contribution in [3.63, 3.8) is 0 Å². The van der Waals surface area contributed by atoms with Crippen LogP contribution in [-0.2, 0) is 24.2 Å². The van der Waals surface area contributed by atoms with Crippen molar-refractivity contribution < 1.29 is 4.79 Å². The summed E-state index contributed by atoms with van der Waals surface area (Å²) in [4.78, 5) is 13.2. The molecule has 0 saturated heterocycles. The molecule has 20 heavy (non-hydrogen) atoms. The van der Waals surface area contributed by atoms with E-state index in [1.807, 2.05) is 11.4 Å². The van der Waals surface area contributed by atoms with E-state index in [4.69, 9.17) is 12.2 Å². The third-order valence-electron chi connectivity index (χ3n) is 2.89. The average molecular weight is 310 g/mol. The van der Waals surface area contributed by atoms with E-state index in [0.29, 0.717) is 11.3 Å². The summed E-state index contributed by atoms with van der Waals surface area (Å²) in [6.07, 6.45) is 2.65. The predicted molar refractivity (Wildman–Crippen MR) is 82.4 cm³/mol. The van der Waals surface area contributed by atoms with Gasteiger partial charge in [-0.15, -0.1) is 11.3 Å². The number of hydrogen-bond donors (Lipinski definition) is 2. The molecule has 0 bridgehead atoms. The Morgan fingerprint density at radius 3 is 3.10 bits per heavy atom. The second-order valence-corrected chi connectivity index (χ2v) is 5.88. The fourth-order valence-corrected chi connectivity index (χ4v) is 2.83. The molecule has 0 radical (unpaired) electrons. The second-order valence-electron chi connectivity index (χ2n) is 4.46. The van der Waals surface area contributed by atoms with Gasteiger partial charge in [-0.3, -0.25) is 14.5 Å². The zero-order chi connectivity index (χ0) is 14.4. The first-order chi connectivity index (χ1) is 9.70. The van der Waals surface area contributed by atoms with Crippen LogP contribution in [0.3, 0.4) is 0 Å². The molecule has 0 unspecified atom stereocenters. The number of thiophene rings is 1. The largest absolute Gasteiger partial charge is 0.354 e. The highest BCUT2D eigenvalue weighted by atomic mass is 32.1. The number of rotatable bonds is 7. The summed E-state index contributed by atoms with van der Waals surface area (Å²) < 4.78 is 2.26. The standard InChI is InChI=1S/C13H18N4OS2/c1-2-4-11-15-16-13(19)17(11)9-12(18)14-7-6-10-5-3-8-20-10/h3,5,8H,2,4,6-7,9H2,1H3,(H,14,18)(H,16,19). The van der Waals surface area contributed by atoms with Crippen molar-refractivity contribution in [2.45, 2.75) is 32.7 Å². The number of aryl methyl sites for hydroxylation is 1. The lowest BCUT2D eigenvalue weighted by Crippen LogP contribution is -2.29. The fraction of sp³-hybridized carbons (Fsp3) is 0.462. The molecule has 2 aromatic heterocycles. The number of aromatic amines is 1. The van der Waals surface area contributed by atoms with Crippen LogP contribution in [0.15, 0.2) is 17.5 Å². The highest BCUT2D eigenvalue weighted by Gasteiger charge is 2.09. The van der Waals surface area contributed by atoms with E-state index in [1.54, 1.807) is 15.9 Å². The first-order valence-electron chi connectivity index (χ1n) is 6.64. The van der Waals surface area contributed by atoms with Crippen LogP contribution in [0.4, 0.5) is 0 Å². The molecule has 0 aliphatic heterocycles. The van der Waals surface area contributed by atoms with Gasteiger partial charge in [-0.1, -0.05) is 13.0 Å². The van der Waals surface area contributed by atoms with E-state index in [2.05, 4.69) is 28.5 Å². The molecule has 108 valence electrons. The molecule has 0 spiro atoms. The minimum absolute atomic E-state index is 0.0311. The van der Waals surface area contributed by atoms with E-state index in [-0.39, 0.29) is 12.5 Å². The highest BCUT2D eigenvalue weighted by molar-refractivity contribution is 7.71. The summed E-state index contributed by atoms with van der Waals surface area (Å²) in [7, 11) is 0. The average Bonchev–Trinajstić information content (AvgIpc) is 3.04. The van der Waals surface area contributed by atoms with E-state index in [1.165, 1.54) is 4.88 Å². The quantitative estimate of drug-likeness (QED) is 0.772. The van der Waals surface area contributed by atoms with Gasteiger partial charge in [0, 0.05) is 17.8 Å². The van der Waals surface area contributed by atoms with Crippen LogP contribution in [0.25, 0.3) is 0 Å². The molecule has 7 heteroatoms. The number of nitrogens with one attached hydrogen (secondary N) is 2. The monoisotopic (exact) mass is 310 g/mol. The molecular weight excluding hydrogens is 292 g/mol. The summed E-state index contributed by atoms with van der Waals surface area (Å²) in [6, 6.07) is 4.09. The van der Waals surface area contributed by atoms with Crippen LogP contribution >= 0.6 is 23.6 Å². The SMILES string of the molecule is CCCc1n[nH]c(=S)n1CC(=O)NCCc1cccs1. The van der Waals surface area contributed by atoms with E-state index < -0.39 is 0 Å². The molecule has 2 rings (SSSR count). The van der Waals surface area contributed by atoms with Gasteiger partial charge in [-0.05, 0) is 36.5 Å². The van der Waals surface area contributed by atoms with Crippen LogP contribution in [0, 0.1) is 4.77 Å². The third-order valence-corrected chi connectivity index (χ3v) is 4.13. The Morgan fingerprint density at radius 1 is 1.55 bits per heavy atom. The summed E-state index contributed by atoms with van der Waals surface area (Å²) in [6.45, 7) is 2.95. The van der Waals surface area contributed by atoms with Crippen molar-refractivity contribution >= 4 is 29.5 Å². The molecular formula is C13H18N4OS2. The van der Waals surface area contributed by atoms with Crippen LogP contribution in [0.2, 0.25) is 0 Å². The van der Waals surface area contributed by atoms with E-state index >= 15 is 0 Å². The Hall–Kier alpha value is -1.47. The highest BCUT2D eigenvalue weighted by Crippen LogP contribution is 2.08. The van der Waals surface area contributed by atoms with Gasteiger partial charge in [0.2, 0.25) is 5.91 Å². The van der Waals surface area contributed by atoms with Crippen LogP contribution in [0.5, 0.6) is 0 Å². The Kier molecular flexibility index (Phi) is 5.49. The van der Waals surface area contributed by atoms with Gasteiger partial charge in [0.1, 0.15) is 12.4 Å². The normalized spacial score (nSPS) is 10.7. The van der Waals surface area contributed by atoms with Gasteiger partial charge in [0.15, 0.2) is 4.77 Å². The van der Waals surface area contributed by atoms with Crippen molar-refractivity contribution in [1.29, 1.82) is 0 Å². The lowest BCUT2D eigenvalue weighted by atomic mass is 10.3. The topological polar surface area (TPSA) is 62.7 Å². The molecule has 0 atom stereocenters. The lowest BCUT2D eigenvalue weighted by molar-refractivity contribution is -0.121. The number of H-pyrrole nitrogens is 1. The molecule has 0 aliphatic rings. The first-order valence-corrected chi connectivity index (χ1v) is 7.92. The molecule has 1 amide bonds. The number of carbonyl (C=O) groups is 1. The number of hydrogen-bond acceptors (Lipinski definition) is 4. The minimum atomic E-state index is -0.0311. The van der Waals surface area contributed by atoms with Crippen LogP contribution < -0.4 is 5.32 Å². The number of aromatic nitrogens is 3. The second kappa shape index (κ2) is 7.35. The van der Waals surface area contributed by atoms with Gasteiger partial charge in [-0.25, -0.2) is 0 Å². The summed E-state index contributed by atoms with van der Waals surface area (Å²) in [5.41, 5.74) is 0. The Morgan fingerprint density at radius 2 is 2.40 bits per heavy atom. The van der Waals surface area contributed by atoms with E-state index in [9.17, 15) is 4.79 Å². The molecule has 0 saturated carbocycles. The number of amides is 1. The van der Waals surface area contributed by atoms with Crippen molar-refractivity contribution in [2.75, 3.05) is 6.54 Å². The van der Waals surface area contributed by atoms with E-state index in [0.717, 1.165) is 25.1 Å². The van der Waals surface area contributed by atoms with Gasteiger partial charge in [0.05, 0.1) is 0 Å². The fourth-order valence-electron chi connectivity index (χ4n) is 1.91. The number of nitrogens with zero attached hydrogens (tertiary/aromatic N) is 2. The zero-order valence-corrected chi connectivity index (χ0v) is 13.0. The molecule has 0 aromatic carbocycles. The van der Waals surface area contributed by atoms with Crippen LogP contribution in [0.1, 0.15) is 24.0 Å². The van der Waals surface area contributed by atoms with Gasteiger partial charge >= 0.3 is 0 Å². The maximum absolute atomic E-state index is 11.9. The zero-order valence-electron chi connectivity index (χ0n) is 11.4.